The van der Waals surface area contributed by atoms with E-state index in [4.69, 9.17) is 5.11 Å². The van der Waals surface area contributed by atoms with E-state index in [-0.39, 0.29) is 18.6 Å². The van der Waals surface area contributed by atoms with Gasteiger partial charge in [-0.05, 0) is 37.8 Å². The number of benzene rings is 1. The first-order valence-electron chi connectivity index (χ1n) is 6.78. The van der Waals surface area contributed by atoms with Gasteiger partial charge >= 0.3 is 12.0 Å². The number of hydrogen-bond acceptors (Lipinski definition) is 2. The highest BCUT2D eigenvalue weighted by atomic mass is 16.4. The minimum Gasteiger partial charge on any atom is -0.481 e. The molecule has 0 saturated heterocycles. The molecule has 1 saturated carbocycles. The molecule has 5 heteroatoms. The third kappa shape index (κ3) is 3.10. The van der Waals surface area contributed by atoms with Crippen LogP contribution in [0.15, 0.2) is 24.3 Å². The Morgan fingerprint density at radius 2 is 2.00 bits per heavy atom. The van der Waals surface area contributed by atoms with Crippen LogP contribution in [-0.4, -0.2) is 23.7 Å². The molecular formula is C15H20N2O3. The normalized spacial score (nSPS) is 17.1. The Balaban J connectivity index is 1.86. The Hall–Kier alpha value is -2.04. The largest absolute Gasteiger partial charge is 0.481 e. The lowest BCUT2D eigenvalue weighted by Crippen LogP contribution is -2.41. The summed E-state index contributed by atoms with van der Waals surface area (Å²) in [7, 11) is 0. The number of aliphatic carboxylic acids is 1. The lowest BCUT2D eigenvalue weighted by atomic mass is 10.0. The fourth-order valence-corrected chi connectivity index (χ4v) is 2.26. The molecule has 1 atom stereocenters. The summed E-state index contributed by atoms with van der Waals surface area (Å²) in [4.78, 5) is 22.8. The third-order valence-electron chi connectivity index (χ3n) is 3.90. The van der Waals surface area contributed by atoms with Crippen molar-refractivity contribution in [3.05, 3.63) is 35.4 Å². The van der Waals surface area contributed by atoms with Gasteiger partial charge in [-0.2, -0.15) is 0 Å². The summed E-state index contributed by atoms with van der Waals surface area (Å²) in [6.45, 7) is 4.09. The Morgan fingerprint density at radius 1 is 1.35 bits per heavy atom. The molecule has 1 unspecified atom stereocenters. The third-order valence-corrected chi connectivity index (χ3v) is 3.90. The minimum atomic E-state index is -0.829. The molecular weight excluding hydrogens is 256 g/mol. The second kappa shape index (κ2) is 5.53. The molecule has 0 heterocycles. The summed E-state index contributed by atoms with van der Waals surface area (Å²) in [5.74, 6) is -0.829. The first kappa shape index (κ1) is 14.4. The first-order valence-corrected chi connectivity index (χ1v) is 6.78. The maximum atomic E-state index is 11.8. The number of carbonyl (C=O) groups excluding carboxylic acids is 1. The van der Waals surface area contributed by atoms with Gasteiger partial charge in [-0.15, -0.1) is 0 Å². The predicted molar refractivity (Wildman–Crippen MR) is 75.4 cm³/mol. The average Bonchev–Trinajstić information content (AvgIpc) is 3.18. The molecule has 108 valence electrons. The van der Waals surface area contributed by atoms with E-state index in [1.807, 2.05) is 38.1 Å². The van der Waals surface area contributed by atoms with Gasteiger partial charge in [0.1, 0.15) is 0 Å². The van der Waals surface area contributed by atoms with Gasteiger partial charge < -0.3 is 15.7 Å². The molecule has 20 heavy (non-hydrogen) atoms. The summed E-state index contributed by atoms with van der Waals surface area (Å²) in [5.41, 5.74) is 1.44. The smallest absolute Gasteiger partial charge is 0.315 e. The molecule has 0 aliphatic heterocycles. The van der Waals surface area contributed by atoms with Crippen LogP contribution in [0.25, 0.3) is 0 Å². The molecule has 0 aromatic heterocycles. The molecule has 1 aliphatic rings. The Morgan fingerprint density at radius 3 is 2.55 bits per heavy atom. The lowest BCUT2D eigenvalue weighted by molar-refractivity contribution is -0.143. The van der Waals surface area contributed by atoms with E-state index in [0.717, 1.165) is 11.1 Å². The first-order chi connectivity index (χ1) is 9.44. The van der Waals surface area contributed by atoms with Crippen LogP contribution in [0, 0.1) is 12.3 Å². The van der Waals surface area contributed by atoms with E-state index in [1.165, 1.54) is 0 Å². The van der Waals surface area contributed by atoms with Gasteiger partial charge in [0, 0.05) is 6.54 Å². The number of urea groups is 1. The molecule has 1 aliphatic carbocycles. The van der Waals surface area contributed by atoms with Crippen molar-refractivity contribution in [2.45, 2.75) is 32.7 Å². The average molecular weight is 276 g/mol. The number of carboxylic acid groups (broad SMARTS) is 1. The summed E-state index contributed by atoms with van der Waals surface area (Å²) in [5, 5.41) is 14.5. The Bertz CT molecular complexity index is 524. The van der Waals surface area contributed by atoms with Crippen LogP contribution in [0.2, 0.25) is 0 Å². The van der Waals surface area contributed by atoms with Gasteiger partial charge in [-0.1, -0.05) is 24.3 Å². The molecule has 3 N–H and O–H groups in total. The van der Waals surface area contributed by atoms with Crippen LogP contribution >= 0.6 is 0 Å². The number of nitrogens with one attached hydrogen (secondary N) is 2. The van der Waals surface area contributed by atoms with Crippen LogP contribution in [0.3, 0.4) is 0 Å². The van der Waals surface area contributed by atoms with Gasteiger partial charge in [0.15, 0.2) is 0 Å². The number of amides is 2. The van der Waals surface area contributed by atoms with E-state index in [1.54, 1.807) is 0 Å². The summed E-state index contributed by atoms with van der Waals surface area (Å²) >= 11 is 0. The number of aryl methyl sites for hydroxylation is 1. The molecule has 0 spiro atoms. The summed E-state index contributed by atoms with van der Waals surface area (Å²) < 4.78 is 0. The molecule has 1 aromatic carbocycles. The van der Waals surface area contributed by atoms with Gasteiger partial charge in [-0.3, -0.25) is 4.79 Å². The molecule has 1 fully saturated rings. The zero-order valence-corrected chi connectivity index (χ0v) is 11.8. The lowest BCUT2D eigenvalue weighted by Gasteiger charge is -2.18. The predicted octanol–water partition coefficient (Wildman–Crippen LogP) is 2.22. The fourth-order valence-electron chi connectivity index (χ4n) is 2.26. The van der Waals surface area contributed by atoms with Crippen molar-refractivity contribution < 1.29 is 14.7 Å². The van der Waals surface area contributed by atoms with Crippen molar-refractivity contribution in [2.75, 3.05) is 6.54 Å². The van der Waals surface area contributed by atoms with Crippen LogP contribution in [0.1, 0.15) is 36.9 Å². The number of hydrogen-bond donors (Lipinski definition) is 3. The maximum Gasteiger partial charge on any atom is 0.315 e. The topological polar surface area (TPSA) is 78.4 Å². The SMILES string of the molecule is Cc1ccccc1C(C)NC(=O)NCC1(C(=O)O)CC1. The molecule has 5 nitrogen and oxygen atoms in total. The molecule has 1 aromatic rings. The Kier molecular flexibility index (Phi) is 3.97. The molecule has 0 bridgehead atoms. The minimum absolute atomic E-state index is 0.115. The highest BCUT2D eigenvalue weighted by Crippen LogP contribution is 2.45. The quantitative estimate of drug-likeness (QED) is 0.771. The fraction of sp³-hybridized carbons (Fsp3) is 0.467. The highest BCUT2D eigenvalue weighted by Gasteiger charge is 2.50. The zero-order chi connectivity index (χ0) is 14.8. The standard InChI is InChI=1S/C15H20N2O3/c1-10-5-3-4-6-12(10)11(2)17-14(20)16-9-15(7-8-15)13(18)19/h3-6,11H,7-9H2,1-2H3,(H,18,19)(H2,16,17,20). The summed E-state index contributed by atoms with van der Waals surface area (Å²) in [6, 6.07) is 7.41. The monoisotopic (exact) mass is 276 g/mol. The maximum absolute atomic E-state index is 11.8. The van der Waals surface area contributed by atoms with E-state index in [9.17, 15) is 9.59 Å². The van der Waals surface area contributed by atoms with Crippen LogP contribution in [0.4, 0.5) is 4.79 Å². The van der Waals surface area contributed by atoms with Crippen LogP contribution in [-0.2, 0) is 4.79 Å². The highest BCUT2D eigenvalue weighted by molar-refractivity contribution is 5.80. The van der Waals surface area contributed by atoms with Crippen molar-refractivity contribution in [1.29, 1.82) is 0 Å². The summed E-state index contributed by atoms with van der Waals surface area (Å²) in [6.07, 6.45) is 1.27. The van der Waals surface area contributed by atoms with Crippen LogP contribution in [0.5, 0.6) is 0 Å². The molecule has 2 amide bonds. The molecule has 2 rings (SSSR count). The van der Waals surface area contributed by atoms with Crippen molar-refractivity contribution in [2.24, 2.45) is 5.41 Å². The van der Waals surface area contributed by atoms with Crippen molar-refractivity contribution in [3.63, 3.8) is 0 Å². The number of carbonyl (C=O) groups is 2. The van der Waals surface area contributed by atoms with Gasteiger partial charge in [0.2, 0.25) is 0 Å². The van der Waals surface area contributed by atoms with Crippen LogP contribution < -0.4 is 10.6 Å². The van der Waals surface area contributed by atoms with E-state index >= 15 is 0 Å². The van der Waals surface area contributed by atoms with Crippen molar-refractivity contribution in [3.8, 4) is 0 Å². The van der Waals surface area contributed by atoms with E-state index in [0.29, 0.717) is 12.8 Å². The van der Waals surface area contributed by atoms with Gasteiger partial charge in [0.05, 0.1) is 11.5 Å². The second-order valence-corrected chi connectivity index (χ2v) is 5.49. The van der Waals surface area contributed by atoms with Crippen molar-refractivity contribution in [1.82, 2.24) is 10.6 Å². The number of rotatable bonds is 5. The van der Waals surface area contributed by atoms with E-state index < -0.39 is 11.4 Å². The number of carboxylic acids is 1. The molecule has 0 radical (unpaired) electrons. The van der Waals surface area contributed by atoms with Crippen molar-refractivity contribution >= 4 is 12.0 Å². The zero-order valence-electron chi connectivity index (χ0n) is 11.8. The Labute approximate surface area is 118 Å². The van der Waals surface area contributed by atoms with E-state index in [2.05, 4.69) is 10.6 Å². The van der Waals surface area contributed by atoms with Gasteiger partial charge in [0.25, 0.3) is 0 Å². The van der Waals surface area contributed by atoms with Gasteiger partial charge in [-0.25, -0.2) is 4.79 Å². The second-order valence-electron chi connectivity index (χ2n) is 5.49.